The Kier molecular flexibility index (Phi) is 7.29. The molecule has 1 amide bonds. The van der Waals surface area contributed by atoms with E-state index in [1.807, 2.05) is 13.3 Å². The summed E-state index contributed by atoms with van der Waals surface area (Å²) in [4.78, 5) is 25.2. The van der Waals surface area contributed by atoms with Gasteiger partial charge >= 0.3 is 5.97 Å². The van der Waals surface area contributed by atoms with E-state index in [0.29, 0.717) is 18.4 Å². The van der Waals surface area contributed by atoms with Crippen LogP contribution in [0.1, 0.15) is 35.7 Å². The Labute approximate surface area is 130 Å². The first-order valence-electron chi connectivity index (χ1n) is 7.07. The van der Waals surface area contributed by atoms with Gasteiger partial charge in [-0.05, 0) is 30.7 Å². The monoisotopic (exact) mass is 309 g/mol. The smallest absolute Gasteiger partial charge is 0.335 e. The first kappa shape index (κ1) is 17.6. The highest BCUT2D eigenvalue weighted by atomic mass is 32.2. The lowest BCUT2D eigenvalue weighted by Crippen LogP contribution is -2.38. The van der Waals surface area contributed by atoms with E-state index in [1.54, 1.807) is 40.9 Å². The van der Waals surface area contributed by atoms with Gasteiger partial charge in [0.25, 0.3) is 0 Å². The summed E-state index contributed by atoms with van der Waals surface area (Å²) in [6, 6.07) is 7.09. The van der Waals surface area contributed by atoms with Crippen molar-refractivity contribution < 1.29 is 14.7 Å². The molecule has 1 rings (SSSR count). The van der Waals surface area contributed by atoms with Crippen molar-refractivity contribution in [2.24, 2.45) is 0 Å². The molecule has 0 aliphatic carbocycles. The maximum atomic E-state index is 12.2. The van der Waals surface area contributed by atoms with Gasteiger partial charge in [-0.25, -0.2) is 4.79 Å². The second-order valence-electron chi connectivity index (χ2n) is 4.98. The van der Waals surface area contributed by atoms with Crippen molar-refractivity contribution in [3.8, 4) is 0 Å². The number of carbonyl (C=O) groups is 2. The van der Waals surface area contributed by atoms with Gasteiger partial charge in [-0.1, -0.05) is 25.1 Å². The maximum Gasteiger partial charge on any atom is 0.335 e. The number of rotatable bonds is 8. The SMILES string of the molecule is CCC(CSC)N(C)C(=O)CCc1ccccc1C(=O)O. The highest BCUT2D eigenvalue weighted by molar-refractivity contribution is 7.98. The molecule has 0 saturated carbocycles. The van der Waals surface area contributed by atoms with E-state index in [-0.39, 0.29) is 17.5 Å². The molecule has 0 spiro atoms. The third-order valence-electron chi connectivity index (χ3n) is 3.63. The van der Waals surface area contributed by atoms with Crippen LogP contribution in [0.2, 0.25) is 0 Å². The minimum absolute atomic E-state index is 0.0658. The van der Waals surface area contributed by atoms with E-state index >= 15 is 0 Å². The summed E-state index contributed by atoms with van der Waals surface area (Å²) in [6.07, 6.45) is 3.76. The second-order valence-corrected chi connectivity index (χ2v) is 5.90. The Morgan fingerprint density at radius 3 is 2.57 bits per heavy atom. The molecule has 0 aromatic heterocycles. The van der Waals surface area contributed by atoms with Gasteiger partial charge < -0.3 is 10.0 Å². The topological polar surface area (TPSA) is 57.6 Å². The van der Waals surface area contributed by atoms with E-state index in [0.717, 1.165) is 12.2 Å². The number of hydrogen-bond acceptors (Lipinski definition) is 3. The van der Waals surface area contributed by atoms with Crippen molar-refractivity contribution in [1.82, 2.24) is 4.90 Å². The number of benzene rings is 1. The molecule has 0 saturated heterocycles. The average Bonchev–Trinajstić information content (AvgIpc) is 2.49. The zero-order chi connectivity index (χ0) is 15.8. The van der Waals surface area contributed by atoms with Crippen LogP contribution < -0.4 is 0 Å². The summed E-state index contributed by atoms with van der Waals surface area (Å²) in [6.45, 7) is 2.07. The Bertz CT molecular complexity index is 490. The van der Waals surface area contributed by atoms with Crippen LogP contribution in [0.25, 0.3) is 0 Å². The first-order chi connectivity index (χ1) is 10.0. The molecule has 1 unspecified atom stereocenters. The zero-order valence-corrected chi connectivity index (χ0v) is 13.7. The van der Waals surface area contributed by atoms with Gasteiger partial charge in [0.15, 0.2) is 0 Å². The Morgan fingerprint density at radius 2 is 2.00 bits per heavy atom. The average molecular weight is 309 g/mol. The van der Waals surface area contributed by atoms with Crippen molar-refractivity contribution in [1.29, 1.82) is 0 Å². The molecule has 4 nitrogen and oxygen atoms in total. The van der Waals surface area contributed by atoms with Crippen LogP contribution in [-0.2, 0) is 11.2 Å². The molecule has 0 aliphatic rings. The lowest BCUT2D eigenvalue weighted by molar-refractivity contribution is -0.131. The molecule has 0 fully saturated rings. The summed E-state index contributed by atoms with van der Waals surface area (Å²) in [5.74, 6) is 0.0427. The minimum Gasteiger partial charge on any atom is -0.478 e. The molecule has 0 heterocycles. The molecule has 116 valence electrons. The fourth-order valence-corrected chi connectivity index (χ4v) is 3.11. The van der Waals surface area contributed by atoms with Gasteiger partial charge in [0.2, 0.25) is 5.91 Å². The van der Waals surface area contributed by atoms with Crippen LogP contribution in [0.15, 0.2) is 24.3 Å². The number of amides is 1. The van der Waals surface area contributed by atoms with Crippen molar-refractivity contribution in [2.75, 3.05) is 19.1 Å². The first-order valence-corrected chi connectivity index (χ1v) is 8.46. The van der Waals surface area contributed by atoms with E-state index in [4.69, 9.17) is 5.11 Å². The number of aryl methyl sites for hydroxylation is 1. The second kappa shape index (κ2) is 8.72. The molecule has 1 aromatic rings. The molecule has 21 heavy (non-hydrogen) atoms. The molecule has 0 aliphatic heterocycles. The number of thioether (sulfide) groups is 1. The predicted molar refractivity (Wildman–Crippen MR) is 87.0 cm³/mol. The largest absolute Gasteiger partial charge is 0.478 e. The van der Waals surface area contributed by atoms with Crippen LogP contribution in [0, 0.1) is 0 Å². The molecule has 0 radical (unpaired) electrons. The van der Waals surface area contributed by atoms with Crippen LogP contribution in [0.5, 0.6) is 0 Å². The van der Waals surface area contributed by atoms with Crippen LogP contribution >= 0.6 is 11.8 Å². The third-order valence-corrected chi connectivity index (χ3v) is 4.35. The van der Waals surface area contributed by atoms with Gasteiger partial charge in [-0.3, -0.25) is 4.79 Å². The van der Waals surface area contributed by atoms with Crippen LogP contribution in [0.3, 0.4) is 0 Å². The van der Waals surface area contributed by atoms with E-state index in [1.165, 1.54) is 0 Å². The number of hydrogen-bond donors (Lipinski definition) is 1. The molecule has 5 heteroatoms. The molecule has 1 atom stereocenters. The molecule has 1 N–H and O–H groups in total. The third kappa shape index (κ3) is 5.08. The summed E-state index contributed by atoms with van der Waals surface area (Å²) < 4.78 is 0. The fraction of sp³-hybridized carbons (Fsp3) is 0.500. The van der Waals surface area contributed by atoms with Gasteiger partial charge in [0.05, 0.1) is 5.56 Å². The minimum atomic E-state index is -0.944. The maximum absolute atomic E-state index is 12.2. The highest BCUT2D eigenvalue weighted by Gasteiger charge is 2.18. The molecular weight excluding hydrogens is 286 g/mol. The Balaban J connectivity index is 2.66. The highest BCUT2D eigenvalue weighted by Crippen LogP contribution is 2.14. The van der Waals surface area contributed by atoms with E-state index in [2.05, 4.69) is 6.92 Å². The standard InChI is InChI=1S/C16H23NO3S/c1-4-13(11-21-3)17(2)15(18)10-9-12-7-5-6-8-14(12)16(19)20/h5-8,13H,4,9-11H2,1-3H3,(H,19,20). The molecular formula is C16H23NO3S. The van der Waals surface area contributed by atoms with E-state index < -0.39 is 5.97 Å². The van der Waals surface area contributed by atoms with Crippen molar-refractivity contribution in [3.05, 3.63) is 35.4 Å². The normalized spacial score (nSPS) is 12.0. The Morgan fingerprint density at radius 1 is 1.33 bits per heavy atom. The lowest BCUT2D eigenvalue weighted by atomic mass is 10.0. The quantitative estimate of drug-likeness (QED) is 0.802. The Hall–Kier alpha value is -1.49. The predicted octanol–water partition coefficient (Wildman–Crippen LogP) is 2.92. The lowest BCUT2D eigenvalue weighted by Gasteiger charge is -2.27. The number of aromatic carboxylic acids is 1. The van der Waals surface area contributed by atoms with Gasteiger partial charge in [-0.2, -0.15) is 11.8 Å². The summed E-state index contributed by atoms with van der Waals surface area (Å²) in [5, 5.41) is 9.14. The summed E-state index contributed by atoms with van der Waals surface area (Å²) in [7, 11) is 1.83. The van der Waals surface area contributed by atoms with Gasteiger partial charge in [0.1, 0.15) is 0 Å². The van der Waals surface area contributed by atoms with Crippen LogP contribution in [0.4, 0.5) is 0 Å². The number of nitrogens with zero attached hydrogens (tertiary/aromatic N) is 1. The summed E-state index contributed by atoms with van der Waals surface area (Å²) >= 11 is 1.73. The molecule has 1 aromatic carbocycles. The van der Waals surface area contributed by atoms with Crippen molar-refractivity contribution >= 4 is 23.6 Å². The zero-order valence-electron chi connectivity index (χ0n) is 12.8. The summed E-state index contributed by atoms with van der Waals surface area (Å²) in [5.41, 5.74) is 0.994. The van der Waals surface area contributed by atoms with Gasteiger partial charge in [-0.15, -0.1) is 0 Å². The van der Waals surface area contributed by atoms with E-state index in [9.17, 15) is 9.59 Å². The number of carbonyl (C=O) groups excluding carboxylic acids is 1. The van der Waals surface area contributed by atoms with Crippen LogP contribution in [-0.4, -0.2) is 47.0 Å². The fourth-order valence-electron chi connectivity index (χ4n) is 2.26. The van der Waals surface area contributed by atoms with Crippen molar-refractivity contribution in [2.45, 2.75) is 32.2 Å². The molecule has 0 bridgehead atoms. The number of carboxylic acids is 1. The van der Waals surface area contributed by atoms with Gasteiger partial charge in [0, 0.05) is 25.3 Å². The number of carboxylic acid groups (broad SMARTS) is 1. The van der Waals surface area contributed by atoms with Crippen molar-refractivity contribution in [3.63, 3.8) is 0 Å².